The number of carbonyl (C=O) groups is 2. The normalized spacial score (nSPS) is 26.5. The third kappa shape index (κ3) is 6.45. The van der Waals surface area contributed by atoms with Crippen molar-refractivity contribution in [2.75, 3.05) is 46.1 Å². The predicted molar refractivity (Wildman–Crippen MR) is 130 cm³/mol. The molecule has 0 aliphatic carbocycles. The Hall–Kier alpha value is -2.36. The van der Waals surface area contributed by atoms with Gasteiger partial charge < -0.3 is 24.3 Å². The smallest absolute Gasteiger partial charge is 0.411 e. The molecule has 0 saturated carbocycles. The van der Waals surface area contributed by atoms with E-state index in [0.29, 0.717) is 45.9 Å². The molecule has 1 N–H and O–H groups in total. The Morgan fingerprint density at radius 2 is 1.94 bits per heavy atom. The molecule has 0 radical (unpaired) electrons. The van der Waals surface area contributed by atoms with Gasteiger partial charge in [0.15, 0.2) is 0 Å². The molecule has 2 fully saturated rings. The Morgan fingerprint density at radius 3 is 2.71 bits per heavy atom. The van der Waals surface area contributed by atoms with Gasteiger partial charge in [0.1, 0.15) is 17.4 Å². The molecule has 4 rings (SSSR count). The van der Waals surface area contributed by atoms with Crippen molar-refractivity contribution in [3.63, 3.8) is 0 Å². The van der Waals surface area contributed by atoms with Crippen LogP contribution in [0.4, 0.5) is 4.79 Å². The van der Waals surface area contributed by atoms with Crippen molar-refractivity contribution in [2.24, 2.45) is 0 Å². The van der Waals surface area contributed by atoms with E-state index in [1.807, 2.05) is 52.0 Å². The van der Waals surface area contributed by atoms with E-state index in [1.54, 1.807) is 4.90 Å². The van der Waals surface area contributed by atoms with Crippen LogP contribution in [-0.2, 0) is 19.0 Å². The lowest BCUT2D eigenvalue weighted by atomic mass is 9.99. The molecular weight excluding hydrogens is 450 g/mol. The number of amides is 2. The number of hydrogen-bond donors (Lipinski definition) is 1. The fraction of sp³-hybridized carbons (Fsp3) is 0.692. The van der Waals surface area contributed by atoms with Crippen LogP contribution in [0, 0.1) is 0 Å². The molecule has 2 saturated heterocycles. The molecule has 0 unspecified atom stereocenters. The summed E-state index contributed by atoms with van der Waals surface area (Å²) in [6, 6.07) is 7.11. The first kappa shape index (κ1) is 25.7. The molecule has 9 nitrogen and oxygen atoms in total. The standard InChI is InChI=1S/C26H39N3O6/c1-5-32-12-13-33-19-14-18-15-29(25(31)35-26(2,3)4)22(17-28(18)16-19)24(30)27-21-10-11-34-23-9-7-6-8-20(21)23/h6-9,18-19,21-22H,5,10-17H2,1-4H3,(H,27,30)/t18-,19-,21-,22+/m1/s1. The highest BCUT2D eigenvalue weighted by atomic mass is 16.6. The van der Waals surface area contributed by atoms with Crippen LogP contribution in [0.1, 0.15) is 52.1 Å². The Labute approximate surface area is 208 Å². The van der Waals surface area contributed by atoms with E-state index < -0.39 is 17.7 Å². The lowest BCUT2D eigenvalue weighted by Crippen LogP contribution is -2.63. The van der Waals surface area contributed by atoms with Crippen LogP contribution in [-0.4, -0.2) is 91.7 Å². The third-order valence-corrected chi connectivity index (χ3v) is 6.67. The fourth-order valence-corrected chi connectivity index (χ4v) is 5.07. The van der Waals surface area contributed by atoms with E-state index in [4.69, 9.17) is 18.9 Å². The van der Waals surface area contributed by atoms with Gasteiger partial charge in [-0.1, -0.05) is 18.2 Å². The zero-order chi connectivity index (χ0) is 25.0. The minimum atomic E-state index is -0.643. The molecule has 0 spiro atoms. The largest absolute Gasteiger partial charge is 0.493 e. The Balaban J connectivity index is 1.46. The van der Waals surface area contributed by atoms with Gasteiger partial charge >= 0.3 is 6.09 Å². The van der Waals surface area contributed by atoms with Crippen molar-refractivity contribution in [2.45, 2.75) is 70.4 Å². The highest BCUT2D eigenvalue weighted by molar-refractivity contribution is 5.86. The Morgan fingerprint density at radius 1 is 1.14 bits per heavy atom. The van der Waals surface area contributed by atoms with Gasteiger partial charge in [-0.05, 0) is 40.2 Å². The van der Waals surface area contributed by atoms with E-state index in [-0.39, 0.29) is 24.1 Å². The fourth-order valence-electron chi connectivity index (χ4n) is 5.07. The van der Waals surface area contributed by atoms with Crippen molar-refractivity contribution < 1.29 is 28.5 Å². The Bertz CT molecular complexity index is 888. The van der Waals surface area contributed by atoms with Crippen molar-refractivity contribution in [3.8, 4) is 5.75 Å². The summed E-state index contributed by atoms with van der Waals surface area (Å²) in [5, 5.41) is 3.19. The summed E-state index contributed by atoms with van der Waals surface area (Å²) < 4.78 is 22.8. The maximum Gasteiger partial charge on any atom is 0.411 e. The number of piperazine rings is 1. The van der Waals surface area contributed by atoms with Gasteiger partial charge in [-0.25, -0.2) is 4.79 Å². The summed E-state index contributed by atoms with van der Waals surface area (Å²) in [7, 11) is 0. The van der Waals surface area contributed by atoms with Crippen LogP contribution in [0.3, 0.4) is 0 Å². The number of hydrogen-bond acceptors (Lipinski definition) is 7. The summed E-state index contributed by atoms with van der Waals surface area (Å²) in [5.74, 6) is 0.625. The average molecular weight is 490 g/mol. The second-order valence-corrected chi connectivity index (χ2v) is 10.4. The molecular formula is C26H39N3O6. The number of para-hydroxylation sites is 1. The van der Waals surface area contributed by atoms with E-state index in [9.17, 15) is 9.59 Å². The summed E-state index contributed by atoms with van der Waals surface area (Å²) in [5.41, 5.74) is 0.323. The minimum Gasteiger partial charge on any atom is -0.493 e. The molecule has 3 heterocycles. The first-order valence-corrected chi connectivity index (χ1v) is 12.7. The molecule has 2 amide bonds. The third-order valence-electron chi connectivity index (χ3n) is 6.67. The molecule has 1 aromatic rings. The number of nitrogens with zero attached hydrogens (tertiary/aromatic N) is 2. The predicted octanol–water partition coefficient (Wildman–Crippen LogP) is 2.74. The minimum absolute atomic E-state index is 0.0603. The molecule has 4 atom stereocenters. The molecule has 3 aliphatic rings. The van der Waals surface area contributed by atoms with Gasteiger partial charge in [0.05, 0.1) is 32.0 Å². The second kappa shape index (κ2) is 11.1. The first-order valence-electron chi connectivity index (χ1n) is 12.7. The number of fused-ring (bicyclic) bond motifs is 2. The van der Waals surface area contributed by atoms with E-state index >= 15 is 0 Å². The highest BCUT2D eigenvalue weighted by Gasteiger charge is 2.46. The van der Waals surface area contributed by atoms with Gasteiger partial charge in [0.25, 0.3) is 0 Å². The summed E-state index contributed by atoms with van der Waals surface area (Å²) in [4.78, 5) is 30.6. The highest BCUT2D eigenvalue weighted by Crippen LogP contribution is 2.33. The van der Waals surface area contributed by atoms with Gasteiger partial charge in [0.2, 0.25) is 5.91 Å². The summed E-state index contributed by atoms with van der Waals surface area (Å²) in [6.45, 7) is 11.4. The second-order valence-electron chi connectivity index (χ2n) is 10.4. The van der Waals surface area contributed by atoms with Gasteiger partial charge in [0, 0.05) is 44.3 Å². The topological polar surface area (TPSA) is 89.6 Å². The van der Waals surface area contributed by atoms with Crippen LogP contribution in [0.2, 0.25) is 0 Å². The molecule has 194 valence electrons. The van der Waals surface area contributed by atoms with Gasteiger partial charge in [-0.2, -0.15) is 0 Å². The number of rotatable bonds is 7. The van der Waals surface area contributed by atoms with Crippen molar-refractivity contribution in [3.05, 3.63) is 29.8 Å². The van der Waals surface area contributed by atoms with E-state index in [1.165, 1.54) is 0 Å². The van der Waals surface area contributed by atoms with E-state index in [2.05, 4.69) is 10.2 Å². The number of ether oxygens (including phenoxy) is 4. The zero-order valence-corrected chi connectivity index (χ0v) is 21.3. The van der Waals surface area contributed by atoms with Crippen molar-refractivity contribution >= 4 is 12.0 Å². The number of benzene rings is 1. The molecule has 0 bridgehead atoms. The maximum atomic E-state index is 13.6. The molecule has 9 heteroatoms. The summed E-state index contributed by atoms with van der Waals surface area (Å²) in [6.07, 6.45) is 1.10. The van der Waals surface area contributed by atoms with Crippen LogP contribution < -0.4 is 10.1 Å². The van der Waals surface area contributed by atoms with E-state index in [0.717, 1.165) is 24.3 Å². The van der Waals surface area contributed by atoms with Gasteiger partial charge in [-0.3, -0.25) is 14.6 Å². The monoisotopic (exact) mass is 489 g/mol. The zero-order valence-electron chi connectivity index (χ0n) is 21.3. The van der Waals surface area contributed by atoms with Crippen molar-refractivity contribution in [1.29, 1.82) is 0 Å². The number of carbonyl (C=O) groups excluding carboxylic acids is 2. The average Bonchev–Trinajstić information content (AvgIpc) is 3.22. The lowest BCUT2D eigenvalue weighted by Gasteiger charge is -2.43. The van der Waals surface area contributed by atoms with Crippen LogP contribution in [0.25, 0.3) is 0 Å². The van der Waals surface area contributed by atoms with Crippen molar-refractivity contribution in [1.82, 2.24) is 15.1 Å². The lowest BCUT2D eigenvalue weighted by molar-refractivity contribution is -0.130. The van der Waals surface area contributed by atoms with Gasteiger partial charge in [-0.15, -0.1) is 0 Å². The molecule has 0 aromatic heterocycles. The van der Waals surface area contributed by atoms with Crippen LogP contribution in [0.15, 0.2) is 24.3 Å². The summed E-state index contributed by atoms with van der Waals surface area (Å²) >= 11 is 0. The first-order chi connectivity index (χ1) is 16.7. The molecule has 3 aliphatic heterocycles. The van der Waals surface area contributed by atoms with Crippen LogP contribution >= 0.6 is 0 Å². The molecule has 35 heavy (non-hydrogen) atoms. The van der Waals surface area contributed by atoms with Crippen LogP contribution in [0.5, 0.6) is 5.75 Å². The SMILES string of the molecule is CCOCCO[C@@H]1C[C@@H]2CN(C(=O)OC(C)(C)C)[C@H](C(=O)N[C@@H]3CCOc4ccccc43)CN2C1. The Kier molecular flexibility index (Phi) is 8.19. The maximum absolute atomic E-state index is 13.6. The molecule has 1 aromatic carbocycles. The number of nitrogens with one attached hydrogen (secondary N) is 1. The quantitative estimate of drug-likeness (QED) is 0.589.